The molecule has 156 valence electrons. The zero-order valence-electron chi connectivity index (χ0n) is 18.2. The van der Waals surface area contributed by atoms with Gasteiger partial charge in [0, 0.05) is 37.6 Å². The maximum Gasteiger partial charge on any atom is 0.410 e. The number of carbonyl (C=O) groups is 2. The van der Waals surface area contributed by atoms with Crippen LogP contribution in [0.25, 0.3) is 0 Å². The predicted molar refractivity (Wildman–Crippen MR) is 114 cm³/mol. The molecule has 1 saturated heterocycles. The fourth-order valence-electron chi connectivity index (χ4n) is 3.49. The maximum absolute atomic E-state index is 12.8. The predicted octanol–water partition coefficient (Wildman–Crippen LogP) is 4.43. The molecule has 1 atom stereocenters. The third kappa shape index (κ3) is 5.88. The van der Waals surface area contributed by atoms with Crippen molar-refractivity contribution in [3.8, 4) is 0 Å². The zero-order valence-corrected chi connectivity index (χ0v) is 18.2. The molecule has 28 heavy (non-hydrogen) atoms. The Labute approximate surface area is 169 Å². The van der Waals surface area contributed by atoms with E-state index in [1.165, 1.54) is 0 Å². The number of rotatable bonds is 5. The van der Waals surface area contributed by atoms with Crippen molar-refractivity contribution in [2.45, 2.75) is 60.0 Å². The molecule has 1 heterocycles. The lowest BCUT2D eigenvalue weighted by molar-refractivity contribution is -0.121. The highest BCUT2D eigenvalue weighted by molar-refractivity contribution is 5.94. The summed E-state index contributed by atoms with van der Waals surface area (Å²) in [6, 6.07) is 6.12. The topological polar surface area (TPSA) is 61.9 Å². The summed E-state index contributed by atoms with van der Waals surface area (Å²) < 4.78 is 5.45. The van der Waals surface area contributed by atoms with Crippen molar-refractivity contribution in [3.63, 3.8) is 0 Å². The summed E-state index contributed by atoms with van der Waals surface area (Å²) >= 11 is 0. The van der Waals surface area contributed by atoms with Crippen LogP contribution in [0.4, 0.5) is 16.2 Å². The highest BCUT2D eigenvalue weighted by Gasteiger charge is 2.31. The molecule has 0 bridgehead atoms. The van der Waals surface area contributed by atoms with E-state index < -0.39 is 5.60 Å². The number of nitrogens with zero attached hydrogens (tertiary/aromatic N) is 2. The summed E-state index contributed by atoms with van der Waals surface area (Å²) in [6.45, 7) is 14.8. The molecule has 0 aromatic heterocycles. The average molecular weight is 390 g/mol. The molecule has 0 radical (unpaired) electrons. The Bertz CT molecular complexity index is 693. The Kier molecular flexibility index (Phi) is 7.33. The van der Waals surface area contributed by atoms with Gasteiger partial charge in [-0.05, 0) is 78.1 Å². The van der Waals surface area contributed by atoms with Crippen molar-refractivity contribution in [2.75, 3.05) is 36.4 Å². The molecule has 1 aromatic carbocycles. The van der Waals surface area contributed by atoms with Gasteiger partial charge in [-0.15, -0.1) is 0 Å². The minimum Gasteiger partial charge on any atom is -0.444 e. The number of piperidine rings is 1. The van der Waals surface area contributed by atoms with E-state index in [0.29, 0.717) is 13.1 Å². The number of nitrogens with one attached hydrogen (secondary N) is 1. The van der Waals surface area contributed by atoms with Crippen molar-refractivity contribution in [1.29, 1.82) is 0 Å². The van der Waals surface area contributed by atoms with Crippen molar-refractivity contribution in [2.24, 2.45) is 5.92 Å². The Morgan fingerprint density at radius 2 is 1.93 bits per heavy atom. The molecule has 1 fully saturated rings. The second kappa shape index (κ2) is 9.30. The molecular weight excluding hydrogens is 354 g/mol. The number of hydrogen-bond donors (Lipinski definition) is 1. The monoisotopic (exact) mass is 389 g/mol. The van der Waals surface area contributed by atoms with Crippen LogP contribution in [0.15, 0.2) is 18.2 Å². The van der Waals surface area contributed by atoms with Gasteiger partial charge in [0.1, 0.15) is 5.60 Å². The SMILES string of the molecule is CCN(CC)c1ccc(NC(=O)C2CCCN(C(=O)OC(C)(C)C)C2)c(C)c1. The van der Waals surface area contributed by atoms with Gasteiger partial charge >= 0.3 is 6.09 Å². The first kappa shape index (κ1) is 22.1. The molecule has 1 N–H and O–H groups in total. The molecule has 2 amide bonds. The number of anilines is 2. The molecule has 1 aliphatic rings. The molecular formula is C22H35N3O3. The van der Waals surface area contributed by atoms with Gasteiger partial charge in [0.25, 0.3) is 0 Å². The summed E-state index contributed by atoms with van der Waals surface area (Å²) in [5.74, 6) is -0.255. The summed E-state index contributed by atoms with van der Waals surface area (Å²) in [5, 5.41) is 3.05. The van der Waals surface area contributed by atoms with Crippen LogP contribution in [0.3, 0.4) is 0 Å². The van der Waals surface area contributed by atoms with Gasteiger partial charge in [0.15, 0.2) is 0 Å². The number of benzene rings is 1. The summed E-state index contributed by atoms with van der Waals surface area (Å²) in [7, 11) is 0. The second-order valence-corrected chi connectivity index (χ2v) is 8.43. The van der Waals surface area contributed by atoms with Gasteiger partial charge in [-0.2, -0.15) is 0 Å². The lowest BCUT2D eigenvalue weighted by Gasteiger charge is -2.33. The number of ether oxygens (including phenoxy) is 1. The third-order valence-corrected chi connectivity index (χ3v) is 5.04. The van der Waals surface area contributed by atoms with Crippen LogP contribution in [0, 0.1) is 12.8 Å². The summed E-state index contributed by atoms with van der Waals surface area (Å²) in [6.07, 6.45) is 1.24. The van der Waals surface area contributed by atoms with Gasteiger partial charge in [-0.25, -0.2) is 4.79 Å². The van der Waals surface area contributed by atoms with E-state index in [0.717, 1.165) is 42.9 Å². The highest BCUT2D eigenvalue weighted by Crippen LogP contribution is 2.25. The Morgan fingerprint density at radius 1 is 1.25 bits per heavy atom. The number of amides is 2. The van der Waals surface area contributed by atoms with E-state index in [-0.39, 0.29) is 17.9 Å². The molecule has 2 rings (SSSR count). The molecule has 1 aromatic rings. The standard InChI is InChI=1S/C22H35N3O3/c1-7-24(8-2)18-11-12-19(16(3)14-18)23-20(26)17-10-9-13-25(15-17)21(27)28-22(4,5)6/h11-12,14,17H,7-10,13,15H2,1-6H3,(H,23,26). The van der Waals surface area contributed by atoms with Crippen molar-refractivity contribution < 1.29 is 14.3 Å². The lowest BCUT2D eigenvalue weighted by atomic mass is 9.97. The van der Waals surface area contributed by atoms with Crippen LogP contribution in [-0.4, -0.2) is 48.7 Å². The fraction of sp³-hybridized carbons (Fsp3) is 0.636. The molecule has 0 spiro atoms. The smallest absolute Gasteiger partial charge is 0.410 e. The number of carbonyl (C=O) groups excluding carboxylic acids is 2. The van der Waals surface area contributed by atoms with Crippen molar-refractivity contribution in [1.82, 2.24) is 4.90 Å². The molecule has 6 nitrogen and oxygen atoms in total. The molecule has 6 heteroatoms. The average Bonchev–Trinajstić information content (AvgIpc) is 2.63. The van der Waals surface area contributed by atoms with Crippen LogP contribution < -0.4 is 10.2 Å². The number of likely N-dealkylation sites (tertiary alicyclic amines) is 1. The van der Waals surface area contributed by atoms with Gasteiger partial charge in [-0.3, -0.25) is 4.79 Å². The van der Waals surface area contributed by atoms with Crippen molar-refractivity contribution >= 4 is 23.4 Å². The number of hydrogen-bond acceptors (Lipinski definition) is 4. The first-order valence-electron chi connectivity index (χ1n) is 10.3. The highest BCUT2D eigenvalue weighted by atomic mass is 16.6. The van der Waals surface area contributed by atoms with Gasteiger partial charge < -0.3 is 19.9 Å². The minimum atomic E-state index is -0.532. The Balaban J connectivity index is 2.01. The van der Waals surface area contributed by atoms with E-state index in [1.54, 1.807) is 4.90 Å². The molecule has 0 aliphatic carbocycles. The minimum absolute atomic E-state index is 0.0352. The molecule has 1 aliphatic heterocycles. The van der Waals surface area contributed by atoms with E-state index in [2.05, 4.69) is 30.1 Å². The largest absolute Gasteiger partial charge is 0.444 e. The quantitative estimate of drug-likeness (QED) is 0.809. The van der Waals surface area contributed by atoms with Crippen LogP contribution in [-0.2, 0) is 9.53 Å². The van der Waals surface area contributed by atoms with E-state index in [9.17, 15) is 9.59 Å². The summed E-state index contributed by atoms with van der Waals surface area (Å²) in [5.41, 5.74) is 2.50. The Hall–Kier alpha value is -2.24. The fourth-order valence-corrected chi connectivity index (χ4v) is 3.49. The maximum atomic E-state index is 12.8. The van der Waals surface area contributed by atoms with E-state index in [1.807, 2.05) is 39.8 Å². The molecule has 0 saturated carbocycles. The van der Waals surface area contributed by atoms with Gasteiger partial charge in [0.05, 0.1) is 5.92 Å². The molecule has 1 unspecified atom stereocenters. The van der Waals surface area contributed by atoms with E-state index >= 15 is 0 Å². The van der Waals surface area contributed by atoms with Gasteiger partial charge in [-0.1, -0.05) is 0 Å². The first-order valence-corrected chi connectivity index (χ1v) is 10.3. The van der Waals surface area contributed by atoms with Gasteiger partial charge in [0.2, 0.25) is 5.91 Å². The van der Waals surface area contributed by atoms with Crippen LogP contribution in [0.2, 0.25) is 0 Å². The lowest BCUT2D eigenvalue weighted by Crippen LogP contribution is -2.45. The van der Waals surface area contributed by atoms with E-state index in [4.69, 9.17) is 4.74 Å². The van der Waals surface area contributed by atoms with Crippen LogP contribution >= 0.6 is 0 Å². The third-order valence-electron chi connectivity index (χ3n) is 5.04. The number of aryl methyl sites for hydroxylation is 1. The Morgan fingerprint density at radius 3 is 2.50 bits per heavy atom. The van der Waals surface area contributed by atoms with Crippen LogP contribution in [0.1, 0.15) is 53.0 Å². The van der Waals surface area contributed by atoms with Crippen LogP contribution in [0.5, 0.6) is 0 Å². The first-order chi connectivity index (χ1) is 13.1. The zero-order chi connectivity index (χ0) is 20.9. The second-order valence-electron chi connectivity index (χ2n) is 8.43. The summed E-state index contributed by atoms with van der Waals surface area (Å²) in [4.78, 5) is 29.0. The van der Waals surface area contributed by atoms with Crippen molar-refractivity contribution in [3.05, 3.63) is 23.8 Å². The normalized spacial score (nSPS) is 17.2.